The number of aryl methyl sites for hydroxylation is 1. The van der Waals surface area contributed by atoms with E-state index in [1.807, 2.05) is 0 Å². The first-order chi connectivity index (χ1) is 9.65. The molecule has 0 amide bonds. The molecule has 0 radical (unpaired) electrons. The molecule has 3 rings (SSSR count). The number of hydrogen-bond donors (Lipinski definition) is 0. The molecular weight excluding hydrogens is 259 g/mol. The predicted octanol–water partition coefficient (Wildman–Crippen LogP) is 2.89. The summed E-state index contributed by atoms with van der Waals surface area (Å²) in [5.41, 5.74) is 0.732. The van der Waals surface area contributed by atoms with Crippen molar-refractivity contribution in [3.63, 3.8) is 0 Å². The van der Waals surface area contributed by atoms with Crippen molar-refractivity contribution in [2.45, 2.75) is 25.7 Å². The lowest BCUT2D eigenvalue weighted by atomic mass is 9.94. The summed E-state index contributed by atoms with van der Waals surface area (Å²) in [7, 11) is 0. The van der Waals surface area contributed by atoms with E-state index in [2.05, 4.69) is 0 Å². The maximum Gasteiger partial charge on any atom is 0.339 e. The van der Waals surface area contributed by atoms with E-state index in [1.54, 1.807) is 24.3 Å². The summed E-state index contributed by atoms with van der Waals surface area (Å²) in [6, 6.07) is 7.84. The molecule has 0 aliphatic heterocycles. The van der Waals surface area contributed by atoms with Crippen LogP contribution in [0.1, 0.15) is 40.1 Å². The smallest absolute Gasteiger partial charge is 0.339 e. The third kappa shape index (κ3) is 2.29. The van der Waals surface area contributed by atoms with E-state index >= 15 is 0 Å². The Morgan fingerprint density at radius 2 is 1.90 bits per heavy atom. The molecule has 0 saturated heterocycles. The molecule has 1 heterocycles. The summed E-state index contributed by atoms with van der Waals surface area (Å²) in [6.07, 6.45) is 1.92. The molecule has 0 bridgehead atoms. The highest BCUT2D eigenvalue weighted by Gasteiger charge is 2.21. The van der Waals surface area contributed by atoms with Crippen molar-refractivity contribution in [2.75, 3.05) is 0 Å². The number of ketones is 1. The molecule has 0 atom stereocenters. The standard InChI is InChI=1S/C16H13FO3/c17-13-5-2-1-4-10(13)8-11-9-12-14(18)6-3-7-15(12)20-16(11)19/h1-2,4-5,9H,3,6-8H2. The van der Waals surface area contributed by atoms with E-state index in [-0.39, 0.29) is 18.0 Å². The normalized spacial score (nSPS) is 14.2. The summed E-state index contributed by atoms with van der Waals surface area (Å²) in [4.78, 5) is 23.7. The van der Waals surface area contributed by atoms with Gasteiger partial charge in [0.25, 0.3) is 0 Å². The first-order valence-corrected chi connectivity index (χ1v) is 6.57. The Kier molecular flexibility index (Phi) is 3.22. The molecule has 1 aromatic carbocycles. The highest BCUT2D eigenvalue weighted by molar-refractivity contribution is 5.97. The number of halogens is 1. The van der Waals surface area contributed by atoms with Crippen molar-refractivity contribution in [2.24, 2.45) is 0 Å². The number of Topliss-reactive ketones (excluding diaryl/α,β-unsaturated/α-hetero) is 1. The van der Waals surface area contributed by atoms with Crippen LogP contribution in [0.2, 0.25) is 0 Å². The lowest BCUT2D eigenvalue weighted by Crippen LogP contribution is -2.18. The number of rotatable bonds is 2. The Morgan fingerprint density at radius 1 is 1.10 bits per heavy atom. The van der Waals surface area contributed by atoms with E-state index in [1.165, 1.54) is 6.07 Å². The maximum absolute atomic E-state index is 13.6. The van der Waals surface area contributed by atoms with Gasteiger partial charge < -0.3 is 4.42 Å². The van der Waals surface area contributed by atoms with Gasteiger partial charge in [0.2, 0.25) is 0 Å². The van der Waals surface area contributed by atoms with Gasteiger partial charge in [-0.15, -0.1) is 0 Å². The molecule has 1 aliphatic rings. The van der Waals surface area contributed by atoms with Crippen LogP contribution < -0.4 is 5.63 Å². The van der Waals surface area contributed by atoms with Crippen molar-refractivity contribution in [3.8, 4) is 0 Å². The average Bonchev–Trinajstić information content (AvgIpc) is 2.43. The molecule has 20 heavy (non-hydrogen) atoms. The molecule has 0 spiro atoms. The Labute approximate surface area is 115 Å². The minimum Gasteiger partial charge on any atom is -0.427 e. The third-order valence-electron chi connectivity index (χ3n) is 3.54. The van der Waals surface area contributed by atoms with Gasteiger partial charge in [-0.1, -0.05) is 18.2 Å². The van der Waals surface area contributed by atoms with E-state index in [4.69, 9.17) is 4.42 Å². The minimum atomic E-state index is -0.485. The first-order valence-electron chi connectivity index (χ1n) is 6.57. The van der Waals surface area contributed by atoms with Gasteiger partial charge in [0.15, 0.2) is 5.78 Å². The summed E-state index contributed by atoms with van der Waals surface area (Å²) in [5, 5.41) is 0. The zero-order valence-corrected chi connectivity index (χ0v) is 10.8. The van der Waals surface area contributed by atoms with Crippen molar-refractivity contribution in [3.05, 3.63) is 69.0 Å². The number of fused-ring (bicyclic) bond motifs is 1. The minimum absolute atomic E-state index is 0.00946. The number of hydrogen-bond acceptors (Lipinski definition) is 3. The SMILES string of the molecule is O=C1CCCc2oc(=O)c(Cc3ccccc3F)cc21. The van der Waals surface area contributed by atoms with Gasteiger partial charge >= 0.3 is 5.63 Å². The second-order valence-corrected chi connectivity index (χ2v) is 4.94. The van der Waals surface area contributed by atoms with E-state index in [0.29, 0.717) is 41.7 Å². The van der Waals surface area contributed by atoms with E-state index in [9.17, 15) is 14.0 Å². The Hall–Kier alpha value is -2.23. The average molecular weight is 272 g/mol. The van der Waals surface area contributed by atoms with Gasteiger partial charge in [0.1, 0.15) is 11.6 Å². The Balaban J connectivity index is 2.03. The van der Waals surface area contributed by atoms with Crippen LogP contribution in [-0.4, -0.2) is 5.78 Å². The molecular formula is C16H13FO3. The molecule has 1 aliphatic carbocycles. The van der Waals surface area contributed by atoms with Gasteiger partial charge in [-0.3, -0.25) is 4.79 Å². The van der Waals surface area contributed by atoms with Crippen molar-refractivity contribution in [1.29, 1.82) is 0 Å². The van der Waals surface area contributed by atoms with Crippen molar-refractivity contribution >= 4 is 5.78 Å². The molecule has 2 aromatic rings. The highest BCUT2D eigenvalue weighted by atomic mass is 19.1. The first kappa shape index (κ1) is 12.8. The second-order valence-electron chi connectivity index (χ2n) is 4.94. The van der Waals surface area contributed by atoms with E-state index < -0.39 is 5.63 Å². The van der Waals surface area contributed by atoms with Gasteiger partial charge in [0.05, 0.1) is 5.56 Å². The molecule has 0 unspecified atom stereocenters. The molecule has 0 N–H and O–H groups in total. The van der Waals surface area contributed by atoms with Crippen LogP contribution in [0, 0.1) is 5.82 Å². The topological polar surface area (TPSA) is 47.3 Å². The molecule has 0 saturated carbocycles. The summed E-state index contributed by atoms with van der Waals surface area (Å²) >= 11 is 0. The monoisotopic (exact) mass is 272 g/mol. The molecule has 102 valence electrons. The van der Waals surface area contributed by atoms with Gasteiger partial charge in [-0.2, -0.15) is 0 Å². The van der Waals surface area contributed by atoms with Crippen LogP contribution in [0.4, 0.5) is 4.39 Å². The zero-order chi connectivity index (χ0) is 14.1. The van der Waals surface area contributed by atoms with Gasteiger partial charge in [0, 0.05) is 24.8 Å². The Morgan fingerprint density at radius 3 is 2.70 bits per heavy atom. The van der Waals surface area contributed by atoms with Crippen LogP contribution in [-0.2, 0) is 12.8 Å². The highest BCUT2D eigenvalue weighted by Crippen LogP contribution is 2.21. The maximum atomic E-state index is 13.6. The fraction of sp³-hybridized carbons (Fsp3) is 0.250. The number of benzene rings is 1. The van der Waals surface area contributed by atoms with Crippen LogP contribution >= 0.6 is 0 Å². The fourth-order valence-corrected chi connectivity index (χ4v) is 2.48. The molecule has 0 fully saturated rings. The summed E-state index contributed by atoms with van der Waals surface area (Å²) < 4.78 is 18.8. The van der Waals surface area contributed by atoms with Crippen molar-refractivity contribution < 1.29 is 13.6 Å². The Bertz CT molecular complexity index is 731. The van der Waals surface area contributed by atoms with Crippen LogP contribution in [0.15, 0.2) is 39.5 Å². The summed E-state index contributed by atoms with van der Waals surface area (Å²) in [6.45, 7) is 0. The number of carbonyl (C=O) groups excluding carboxylic acids is 1. The zero-order valence-electron chi connectivity index (χ0n) is 10.8. The van der Waals surface area contributed by atoms with E-state index in [0.717, 1.165) is 0 Å². The number of carbonyl (C=O) groups is 1. The second kappa shape index (κ2) is 5.04. The lowest BCUT2D eigenvalue weighted by molar-refractivity contribution is 0.0965. The van der Waals surface area contributed by atoms with Crippen LogP contribution in [0.25, 0.3) is 0 Å². The molecule has 3 nitrogen and oxygen atoms in total. The van der Waals surface area contributed by atoms with Crippen LogP contribution in [0.3, 0.4) is 0 Å². The van der Waals surface area contributed by atoms with Gasteiger partial charge in [-0.05, 0) is 24.1 Å². The van der Waals surface area contributed by atoms with Gasteiger partial charge in [-0.25, -0.2) is 9.18 Å². The fourth-order valence-electron chi connectivity index (χ4n) is 2.48. The molecule has 4 heteroatoms. The largest absolute Gasteiger partial charge is 0.427 e. The third-order valence-corrected chi connectivity index (χ3v) is 3.54. The predicted molar refractivity (Wildman–Crippen MR) is 71.5 cm³/mol. The van der Waals surface area contributed by atoms with Crippen LogP contribution in [0.5, 0.6) is 0 Å². The van der Waals surface area contributed by atoms with Crippen molar-refractivity contribution in [1.82, 2.24) is 0 Å². The quantitative estimate of drug-likeness (QED) is 0.844. The summed E-state index contributed by atoms with van der Waals surface area (Å²) in [5.74, 6) is 0.0873. The molecule has 1 aromatic heterocycles. The lowest BCUT2D eigenvalue weighted by Gasteiger charge is -2.13.